The van der Waals surface area contributed by atoms with Crippen LogP contribution in [0.1, 0.15) is 5.56 Å². The predicted molar refractivity (Wildman–Crippen MR) is 85.9 cm³/mol. The first-order valence-corrected chi connectivity index (χ1v) is 6.76. The maximum absolute atomic E-state index is 2.32. The maximum Gasteiger partial charge on any atom is 0.0361 e. The lowest BCUT2D eigenvalue weighted by atomic mass is 10.2. The first-order valence-electron chi connectivity index (χ1n) is 6.76. The van der Waals surface area contributed by atoms with Gasteiger partial charge in [-0.05, 0) is 38.8 Å². The second-order valence-corrected chi connectivity index (χ2v) is 5.45. The smallest absolute Gasteiger partial charge is 0.0361 e. The van der Waals surface area contributed by atoms with Crippen molar-refractivity contribution >= 4 is 11.8 Å². The molecule has 0 spiro atoms. The number of hydrogen-bond donors (Lipinski definition) is 0. The van der Waals surface area contributed by atoms with Gasteiger partial charge in [0.1, 0.15) is 0 Å². The molecule has 0 atom stereocenters. The van der Waals surface area contributed by atoms with Crippen LogP contribution in [-0.2, 0) is 0 Å². The van der Waals surface area contributed by atoms with Crippen LogP contribution in [0.5, 0.6) is 0 Å². The summed E-state index contributed by atoms with van der Waals surface area (Å²) in [5.41, 5.74) is 2.49. The maximum atomic E-state index is 2.32. The van der Waals surface area contributed by atoms with Gasteiger partial charge in [-0.1, -0.05) is 24.3 Å². The lowest BCUT2D eigenvalue weighted by Gasteiger charge is -2.17. The number of benzene rings is 1. The normalized spacial score (nSPS) is 11.7. The van der Waals surface area contributed by atoms with E-state index in [0.29, 0.717) is 0 Å². The Bertz CT molecular complexity index is 379. The summed E-state index contributed by atoms with van der Waals surface area (Å²) < 4.78 is 0. The zero-order valence-electron chi connectivity index (χ0n) is 12.9. The zero-order valence-corrected chi connectivity index (χ0v) is 12.9. The van der Waals surface area contributed by atoms with Crippen molar-refractivity contribution in [2.24, 2.45) is 0 Å². The first kappa shape index (κ1) is 15.7. The Morgan fingerprint density at radius 3 is 2.05 bits per heavy atom. The molecular formula is C16H27N3. The number of rotatable bonds is 7. The van der Waals surface area contributed by atoms with Gasteiger partial charge in [0.05, 0.1) is 0 Å². The molecule has 0 aliphatic carbocycles. The van der Waals surface area contributed by atoms with Crippen LogP contribution in [0.25, 0.3) is 6.08 Å². The average molecular weight is 261 g/mol. The SMILES string of the molecule is CN(C)CCN(C)C/C=C/c1ccc(N(C)C)cc1. The van der Waals surface area contributed by atoms with Crippen LogP contribution >= 0.6 is 0 Å². The minimum atomic E-state index is 0.989. The van der Waals surface area contributed by atoms with E-state index in [2.05, 4.69) is 86.4 Å². The third kappa shape index (κ3) is 6.41. The molecule has 0 heterocycles. The highest BCUT2D eigenvalue weighted by atomic mass is 15.1. The Hall–Kier alpha value is -1.32. The number of hydrogen-bond acceptors (Lipinski definition) is 3. The second kappa shape index (κ2) is 7.97. The molecule has 0 radical (unpaired) electrons. The minimum Gasteiger partial charge on any atom is -0.378 e. The van der Waals surface area contributed by atoms with E-state index in [-0.39, 0.29) is 0 Å². The summed E-state index contributed by atoms with van der Waals surface area (Å²) in [6, 6.07) is 8.61. The topological polar surface area (TPSA) is 9.72 Å². The van der Waals surface area contributed by atoms with Gasteiger partial charge in [-0.25, -0.2) is 0 Å². The molecule has 0 N–H and O–H groups in total. The molecule has 0 unspecified atom stereocenters. The molecule has 0 saturated carbocycles. The molecule has 19 heavy (non-hydrogen) atoms. The van der Waals surface area contributed by atoms with E-state index in [1.807, 2.05) is 0 Å². The summed E-state index contributed by atoms with van der Waals surface area (Å²) in [6.45, 7) is 3.18. The van der Waals surface area contributed by atoms with Gasteiger partial charge in [-0.15, -0.1) is 0 Å². The molecule has 0 fully saturated rings. The van der Waals surface area contributed by atoms with Crippen molar-refractivity contribution in [3.05, 3.63) is 35.9 Å². The van der Waals surface area contributed by atoms with Crippen LogP contribution < -0.4 is 4.90 Å². The Labute approximate surface area is 118 Å². The van der Waals surface area contributed by atoms with Crippen molar-refractivity contribution in [2.45, 2.75) is 0 Å². The molecule has 0 saturated heterocycles. The third-order valence-corrected chi connectivity index (χ3v) is 3.07. The van der Waals surface area contributed by atoms with E-state index in [1.165, 1.54) is 11.3 Å². The van der Waals surface area contributed by atoms with E-state index in [0.717, 1.165) is 19.6 Å². The van der Waals surface area contributed by atoms with Crippen molar-refractivity contribution in [3.63, 3.8) is 0 Å². The average Bonchev–Trinajstić information content (AvgIpc) is 2.37. The predicted octanol–water partition coefficient (Wildman–Crippen LogP) is 2.26. The molecular weight excluding hydrogens is 234 g/mol. The molecule has 0 aliphatic heterocycles. The summed E-state index contributed by atoms with van der Waals surface area (Å²) in [5.74, 6) is 0. The quantitative estimate of drug-likeness (QED) is 0.745. The van der Waals surface area contributed by atoms with Crippen LogP contribution in [0.4, 0.5) is 5.69 Å². The monoisotopic (exact) mass is 261 g/mol. The van der Waals surface area contributed by atoms with Crippen LogP contribution in [0.3, 0.4) is 0 Å². The molecule has 0 aliphatic rings. The highest BCUT2D eigenvalue weighted by Gasteiger charge is 1.97. The number of likely N-dealkylation sites (N-methyl/N-ethyl adjacent to an activating group) is 2. The molecule has 1 aromatic carbocycles. The lowest BCUT2D eigenvalue weighted by molar-refractivity contribution is 0.302. The molecule has 1 rings (SSSR count). The van der Waals surface area contributed by atoms with Crippen LogP contribution in [-0.4, -0.2) is 64.7 Å². The van der Waals surface area contributed by atoms with Crippen molar-refractivity contribution in [1.29, 1.82) is 0 Å². The van der Waals surface area contributed by atoms with Crippen LogP contribution in [0, 0.1) is 0 Å². The van der Waals surface area contributed by atoms with Crippen molar-refractivity contribution in [3.8, 4) is 0 Å². The van der Waals surface area contributed by atoms with E-state index >= 15 is 0 Å². The van der Waals surface area contributed by atoms with Gasteiger partial charge >= 0.3 is 0 Å². The molecule has 0 amide bonds. The highest BCUT2D eigenvalue weighted by molar-refractivity contribution is 5.55. The Morgan fingerprint density at radius 2 is 1.53 bits per heavy atom. The largest absolute Gasteiger partial charge is 0.378 e. The van der Waals surface area contributed by atoms with E-state index in [4.69, 9.17) is 0 Å². The van der Waals surface area contributed by atoms with Gasteiger partial charge in [0.25, 0.3) is 0 Å². The molecule has 1 aromatic rings. The molecule has 106 valence electrons. The number of nitrogens with zero attached hydrogens (tertiary/aromatic N) is 3. The fourth-order valence-corrected chi connectivity index (χ4v) is 1.71. The Kier molecular flexibility index (Phi) is 6.60. The summed E-state index contributed by atoms with van der Waals surface area (Å²) in [5, 5.41) is 0. The van der Waals surface area contributed by atoms with Crippen LogP contribution in [0.2, 0.25) is 0 Å². The molecule has 0 aromatic heterocycles. The fourth-order valence-electron chi connectivity index (χ4n) is 1.71. The minimum absolute atomic E-state index is 0.989. The van der Waals surface area contributed by atoms with Gasteiger partial charge in [0, 0.05) is 39.4 Å². The Morgan fingerprint density at radius 1 is 0.895 bits per heavy atom. The first-order chi connectivity index (χ1) is 8.99. The highest BCUT2D eigenvalue weighted by Crippen LogP contribution is 2.13. The molecule has 3 heteroatoms. The zero-order chi connectivity index (χ0) is 14.3. The molecule has 0 bridgehead atoms. The molecule has 3 nitrogen and oxygen atoms in total. The van der Waals surface area contributed by atoms with Crippen LogP contribution in [0.15, 0.2) is 30.3 Å². The van der Waals surface area contributed by atoms with Crippen molar-refractivity contribution < 1.29 is 0 Å². The number of anilines is 1. The fraction of sp³-hybridized carbons (Fsp3) is 0.500. The van der Waals surface area contributed by atoms with Gasteiger partial charge in [-0.2, -0.15) is 0 Å². The lowest BCUT2D eigenvalue weighted by Crippen LogP contribution is -2.28. The van der Waals surface area contributed by atoms with Crippen molar-refractivity contribution in [2.75, 3.05) is 59.8 Å². The second-order valence-electron chi connectivity index (χ2n) is 5.45. The van der Waals surface area contributed by atoms with E-state index < -0.39 is 0 Å². The van der Waals surface area contributed by atoms with Gasteiger partial charge in [-0.3, -0.25) is 0 Å². The van der Waals surface area contributed by atoms with Crippen molar-refractivity contribution in [1.82, 2.24) is 9.80 Å². The Balaban J connectivity index is 2.39. The summed E-state index contributed by atoms with van der Waals surface area (Å²) >= 11 is 0. The third-order valence-electron chi connectivity index (χ3n) is 3.07. The summed E-state index contributed by atoms with van der Waals surface area (Å²) in [4.78, 5) is 6.65. The van der Waals surface area contributed by atoms with E-state index in [9.17, 15) is 0 Å². The standard InChI is InChI=1S/C16H27N3/c1-17(2)13-14-19(5)12-6-7-15-8-10-16(11-9-15)18(3)4/h6-11H,12-14H2,1-5H3/b7-6+. The summed E-state index contributed by atoms with van der Waals surface area (Å²) in [7, 11) is 10.5. The van der Waals surface area contributed by atoms with Gasteiger partial charge < -0.3 is 14.7 Å². The summed E-state index contributed by atoms with van der Waals surface area (Å²) in [6.07, 6.45) is 4.41. The van der Waals surface area contributed by atoms with E-state index in [1.54, 1.807) is 0 Å². The van der Waals surface area contributed by atoms with Gasteiger partial charge in [0.2, 0.25) is 0 Å². The van der Waals surface area contributed by atoms with Gasteiger partial charge in [0.15, 0.2) is 0 Å².